The van der Waals surface area contributed by atoms with Gasteiger partial charge in [0.2, 0.25) is 5.88 Å². The summed E-state index contributed by atoms with van der Waals surface area (Å²) in [7, 11) is 1.85. The molecular formula is C16H18N2O2. The number of aromatic nitrogens is 1. The molecule has 1 atom stereocenters. The first-order chi connectivity index (χ1) is 9.69. The van der Waals surface area contributed by atoms with Gasteiger partial charge in [-0.1, -0.05) is 29.4 Å². The summed E-state index contributed by atoms with van der Waals surface area (Å²) in [6.45, 7) is 1.59. The first-order valence-electron chi connectivity index (χ1n) is 6.95. The summed E-state index contributed by atoms with van der Waals surface area (Å²) in [6, 6.07) is 7.95. The first-order valence-corrected chi connectivity index (χ1v) is 6.95. The summed E-state index contributed by atoms with van der Waals surface area (Å²) >= 11 is 0. The SMILES string of the molecule is CNc1onc2c1CCC(c1ccc(C(C)=O)cc1)C2. The molecule has 104 valence electrons. The van der Waals surface area contributed by atoms with Crippen molar-refractivity contribution in [2.45, 2.75) is 32.1 Å². The van der Waals surface area contributed by atoms with E-state index in [1.54, 1.807) is 6.92 Å². The Bertz CT molecular complexity index is 628. The number of nitrogens with zero attached hydrogens (tertiary/aromatic N) is 1. The maximum absolute atomic E-state index is 11.3. The number of Topliss-reactive ketones (excluding diaryl/α,β-unsaturated/α-hetero) is 1. The molecule has 0 radical (unpaired) electrons. The van der Waals surface area contributed by atoms with E-state index in [1.165, 1.54) is 11.1 Å². The molecule has 1 aliphatic rings. The first kappa shape index (κ1) is 12.9. The molecule has 0 spiro atoms. The van der Waals surface area contributed by atoms with E-state index >= 15 is 0 Å². The van der Waals surface area contributed by atoms with E-state index in [1.807, 2.05) is 19.2 Å². The minimum absolute atomic E-state index is 0.109. The van der Waals surface area contributed by atoms with Crippen molar-refractivity contribution >= 4 is 11.7 Å². The largest absolute Gasteiger partial charge is 0.357 e. The third-order valence-electron chi connectivity index (χ3n) is 4.07. The van der Waals surface area contributed by atoms with Crippen LogP contribution < -0.4 is 5.32 Å². The Labute approximate surface area is 118 Å². The predicted octanol–water partition coefficient (Wildman–Crippen LogP) is 3.19. The minimum Gasteiger partial charge on any atom is -0.357 e. The predicted molar refractivity (Wildman–Crippen MR) is 77.3 cm³/mol. The molecule has 1 aromatic carbocycles. The number of fused-ring (bicyclic) bond motifs is 1. The van der Waals surface area contributed by atoms with Crippen molar-refractivity contribution < 1.29 is 9.32 Å². The average molecular weight is 270 g/mol. The van der Waals surface area contributed by atoms with Crippen LogP contribution in [0.25, 0.3) is 0 Å². The van der Waals surface area contributed by atoms with E-state index in [0.29, 0.717) is 5.92 Å². The second kappa shape index (κ2) is 5.12. The van der Waals surface area contributed by atoms with E-state index in [0.717, 1.165) is 36.4 Å². The molecule has 3 rings (SSSR count). The lowest BCUT2D eigenvalue weighted by Crippen LogP contribution is -2.13. The molecule has 0 aliphatic heterocycles. The van der Waals surface area contributed by atoms with Gasteiger partial charge in [-0.3, -0.25) is 4.79 Å². The number of ketones is 1. The van der Waals surface area contributed by atoms with Gasteiger partial charge in [0.25, 0.3) is 0 Å². The highest BCUT2D eigenvalue weighted by Crippen LogP contribution is 2.35. The highest BCUT2D eigenvalue weighted by molar-refractivity contribution is 5.94. The number of rotatable bonds is 3. The second-order valence-corrected chi connectivity index (χ2v) is 5.30. The Hall–Kier alpha value is -2.10. The number of benzene rings is 1. The van der Waals surface area contributed by atoms with Crippen molar-refractivity contribution in [1.82, 2.24) is 5.16 Å². The van der Waals surface area contributed by atoms with Crippen LogP contribution in [0.1, 0.15) is 46.4 Å². The lowest BCUT2D eigenvalue weighted by molar-refractivity contribution is 0.101. The van der Waals surface area contributed by atoms with Crippen molar-refractivity contribution in [3.63, 3.8) is 0 Å². The van der Waals surface area contributed by atoms with Gasteiger partial charge in [0.05, 0.1) is 5.69 Å². The number of hydrogen-bond donors (Lipinski definition) is 1. The van der Waals surface area contributed by atoms with Gasteiger partial charge in [-0.2, -0.15) is 0 Å². The zero-order valence-electron chi connectivity index (χ0n) is 11.8. The molecule has 1 unspecified atom stereocenters. The molecule has 20 heavy (non-hydrogen) atoms. The van der Waals surface area contributed by atoms with Gasteiger partial charge in [0.1, 0.15) is 0 Å². The number of carbonyl (C=O) groups is 1. The monoisotopic (exact) mass is 270 g/mol. The van der Waals surface area contributed by atoms with Crippen molar-refractivity contribution in [2.24, 2.45) is 0 Å². The molecule has 0 bridgehead atoms. The van der Waals surface area contributed by atoms with Crippen molar-refractivity contribution in [3.05, 3.63) is 46.6 Å². The van der Waals surface area contributed by atoms with E-state index in [9.17, 15) is 4.79 Å². The van der Waals surface area contributed by atoms with Crippen molar-refractivity contribution in [1.29, 1.82) is 0 Å². The number of carbonyl (C=O) groups excluding carboxylic acids is 1. The smallest absolute Gasteiger partial charge is 0.227 e. The average Bonchev–Trinajstić information content (AvgIpc) is 2.89. The van der Waals surface area contributed by atoms with E-state index in [4.69, 9.17) is 4.52 Å². The molecule has 4 nitrogen and oxygen atoms in total. The lowest BCUT2D eigenvalue weighted by atomic mass is 9.83. The maximum atomic E-state index is 11.3. The number of anilines is 1. The molecule has 0 amide bonds. The number of nitrogens with one attached hydrogen (secondary N) is 1. The number of hydrogen-bond acceptors (Lipinski definition) is 4. The van der Waals surface area contributed by atoms with Gasteiger partial charge in [-0.25, -0.2) is 0 Å². The van der Waals surface area contributed by atoms with Gasteiger partial charge in [0, 0.05) is 24.6 Å². The Balaban J connectivity index is 1.81. The maximum Gasteiger partial charge on any atom is 0.227 e. The van der Waals surface area contributed by atoms with E-state index in [-0.39, 0.29) is 5.78 Å². The van der Waals surface area contributed by atoms with Gasteiger partial charge < -0.3 is 9.84 Å². The molecular weight excluding hydrogens is 252 g/mol. The summed E-state index contributed by atoms with van der Waals surface area (Å²) < 4.78 is 5.30. The van der Waals surface area contributed by atoms with E-state index < -0.39 is 0 Å². The topological polar surface area (TPSA) is 55.1 Å². The molecule has 0 fully saturated rings. The fourth-order valence-electron chi connectivity index (χ4n) is 2.89. The van der Waals surface area contributed by atoms with Crippen LogP contribution in [0.3, 0.4) is 0 Å². The zero-order valence-corrected chi connectivity index (χ0v) is 11.8. The fraction of sp³-hybridized carbons (Fsp3) is 0.375. The van der Waals surface area contributed by atoms with Crippen LogP contribution in [-0.4, -0.2) is 18.0 Å². The minimum atomic E-state index is 0.109. The standard InChI is InChI=1S/C16H18N2O2/c1-10(19)11-3-5-12(6-4-11)13-7-8-14-15(9-13)18-20-16(14)17-2/h3-6,13,17H,7-9H2,1-2H3. The van der Waals surface area contributed by atoms with E-state index in [2.05, 4.69) is 22.6 Å². The van der Waals surface area contributed by atoms with Crippen LogP contribution in [0.5, 0.6) is 0 Å². The van der Waals surface area contributed by atoms with Crippen LogP contribution in [0.15, 0.2) is 28.8 Å². The summed E-state index contributed by atoms with van der Waals surface area (Å²) in [4.78, 5) is 11.3. The second-order valence-electron chi connectivity index (χ2n) is 5.30. The van der Waals surface area contributed by atoms with Crippen LogP contribution in [0.2, 0.25) is 0 Å². The van der Waals surface area contributed by atoms with Gasteiger partial charge in [-0.15, -0.1) is 0 Å². The highest BCUT2D eigenvalue weighted by Gasteiger charge is 2.26. The Kier molecular flexibility index (Phi) is 3.30. The molecule has 4 heteroatoms. The lowest BCUT2D eigenvalue weighted by Gasteiger charge is -2.21. The van der Waals surface area contributed by atoms with Gasteiger partial charge in [-0.05, 0) is 31.2 Å². The zero-order chi connectivity index (χ0) is 14.1. The highest BCUT2D eigenvalue weighted by atomic mass is 16.5. The van der Waals surface area contributed by atoms with Crippen molar-refractivity contribution in [3.8, 4) is 0 Å². The quantitative estimate of drug-likeness (QED) is 0.870. The van der Waals surface area contributed by atoms with Gasteiger partial charge >= 0.3 is 0 Å². The molecule has 1 aromatic heterocycles. The fourth-order valence-corrected chi connectivity index (χ4v) is 2.89. The molecule has 0 saturated carbocycles. The van der Waals surface area contributed by atoms with Crippen LogP contribution in [0.4, 0.5) is 5.88 Å². The summed E-state index contributed by atoms with van der Waals surface area (Å²) in [6.07, 6.45) is 2.97. The van der Waals surface area contributed by atoms with Crippen LogP contribution >= 0.6 is 0 Å². The normalized spacial score (nSPS) is 17.6. The molecule has 1 heterocycles. The molecule has 1 N–H and O–H groups in total. The van der Waals surface area contributed by atoms with Crippen LogP contribution in [-0.2, 0) is 12.8 Å². The molecule has 0 saturated heterocycles. The Morgan fingerprint density at radius 3 is 2.75 bits per heavy atom. The van der Waals surface area contributed by atoms with Crippen LogP contribution in [0, 0.1) is 0 Å². The molecule has 2 aromatic rings. The Morgan fingerprint density at radius 2 is 2.10 bits per heavy atom. The van der Waals surface area contributed by atoms with Gasteiger partial charge in [0.15, 0.2) is 5.78 Å². The summed E-state index contributed by atoms with van der Waals surface area (Å²) in [5.74, 6) is 1.36. The summed E-state index contributed by atoms with van der Waals surface area (Å²) in [5, 5.41) is 7.20. The summed E-state index contributed by atoms with van der Waals surface area (Å²) in [5.41, 5.74) is 4.31. The third kappa shape index (κ3) is 2.22. The Morgan fingerprint density at radius 1 is 1.35 bits per heavy atom. The van der Waals surface area contributed by atoms with Crippen molar-refractivity contribution in [2.75, 3.05) is 12.4 Å². The molecule has 1 aliphatic carbocycles. The third-order valence-corrected chi connectivity index (χ3v) is 4.07.